The molecule has 5 heteroatoms. The van der Waals surface area contributed by atoms with Gasteiger partial charge in [0, 0.05) is 24.1 Å². The second kappa shape index (κ2) is 6.49. The number of aryl methyl sites for hydroxylation is 5. The number of aromatic nitrogens is 3. The average Bonchev–Trinajstić information content (AvgIpc) is 3.23. The monoisotopic (exact) mass is 389 g/mol. The SMILES string of the molecule is Cc1cc(C)c(-c2ncc3c(n2)-c2c([C@@H]4CCC[C@@]4(C)O)noc2CC3)c(C)c1. The van der Waals surface area contributed by atoms with Crippen molar-refractivity contribution in [1.29, 1.82) is 0 Å². The lowest BCUT2D eigenvalue weighted by Gasteiger charge is -2.25. The molecule has 3 aromatic rings. The summed E-state index contributed by atoms with van der Waals surface area (Å²) in [4.78, 5) is 9.75. The predicted octanol–water partition coefficient (Wildman–Crippen LogP) is 4.84. The summed E-state index contributed by atoms with van der Waals surface area (Å²) in [6.45, 7) is 8.26. The lowest BCUT2D eigenvalue weighted by molar-refractivity contribution is 0.0476. The Morgan fingerprint density at radius 3 is 2.55 bits per heavy atom. The topological polar surface area (TPSA) is 72.0 Å². The third kappa shape index (κ3) is 2.91. The Labute approximate surface area is 171 Å². The third-order valence-electron chi connectivity index (χ3n) is 6.67. The zero-order valence-corrected chi connectivity index (χ0v) is 17.5. The number of nitrogens with zero attached hydrogens (tertiary/aromatic N) is 3. The predicted molar refractivity (Wildman–Crippen MR) is 112 cm³/mol. The minimum Gasteiger partial charge on any atom is -0.389 e. The molecule has 0 saturated heterocycles. The van der Waals surface area contributed by atoms with E-state index in [1.165, 1.54) is 16.7 Å². The fraction of sp³-hybridized carbons (Fsp3) is 0.458. The van der Waals surface area contributed by atoms with Crippen molar-refractivity contribution in [3.05, 3.63) is 52.0 Å². The van der Waals surface area contributed by atoms with Crippen LogP contribution in [0.4, 0.5) is 0 Å². The molecule has 0 unspecified atom stereocenters. The minimum atomic E-state index is -0.748. The van der Waals surface area contributed by atoms with Gasteiger partial charge in [-0.1, -0.05) is 22.9 Å². The first-order valence-corrected chi connectivity index (χ1v) is 10.5. The molecule has 2 aliphatic rings. The van der Waals surface area contributed by atoms with Gasteiger partial charge in [0.25, 0.3) is 0 Å². The number of fused-ring (bicyclic) bond motifs is 3. The first-order chi connectivity index (χ1) is 13.8. The van der Waals surface area contributed by atoms with E-state index in [0.29, 0.717) is 0 Å². The molecule has 2 heterocycles. The van der Waals surface area contributed by atoms with Crippen LogP contribution in [-0.2, 0) is 12.8 Å². The number of benzene rings is 1. The first kappa shape index (κ1) is 18.5. The lowest BCUT2D eigenvalue weighted by atomic mass is 9.84. The first-order valence-electron chi connectivity index (χ1n) is 10.5. The summed E-state index contributed by atoms with van der Waals surface area (Å²) in [5, 5.41) is 15.3. The quantitative estimate of drug-likeness (QED) is 0.679. The summed E-state index contributed by atoms with van der Waals surface area (Å²) in [5.41, 5.74) is 7.87. The van der Waals surface area contributed by atoms with Gasteiger partial charge in [0.1, 0.15) is 5.76 Å². The van der Waals surface area contributed by atoms with Gasteiger partial charge in [-0.3, -0.25) is 0 Å². The van der Waals surface area contributed by atoms with Crippen molar-refractivity contribution in [2.24, 2.45) is 0 Å². The van der Waals surface area contributed by atoms with E-state index in [0.717, 1.165) is 71.8 Å². The Morgan fingerprint density at radius 2 is 1.86 bits per heavy atom. The summed E-state index contributed by atoms with van der Waals surface area (Å²) in [7, 11) is 0. The van der Waals surface area contributed by atoms with Gasteiger partial charge in [0.05, 0.1) is 22.6 Å². The normalized spacial score (nSPS) is 23.1. The van der Waals surface area contributed by atoms with Gasteiger partial charge in [-0.2, -0.15) is 0 Å². The van der Waals surface area contributed by atoms with E-state index in [2.05, 4.69) is 38.1 Å². The fourth-order valence-electron chi connectivity index (χ4n) is 5.29. The molecule has 0 amide bonds. The van der Waals surface area contributed by atoms with Gasteiger partial charge in [-0.15, -0.1) is 0 Å². The van der Waals surface area contributed by atoms with E-state index in [9.17, 15) is 5.11 Å². The van der Waals surface area contributed by atoms with Gasteiger partial charge in [0.2, 0.25) is 0 Å². The molecular formula is C24H27N3O2. The fourth-order valence-corrected chi connectivity index (χ4v) is 5.29. The van der Waals surface area contributed by atoms with Crippen molar-refractivity contribution >= 4 is 0 Å². The Kier molecular flexibility index (Phi) is 4.14. The third-order valence-corrected chi connectivity index (χ3v) is 6.67. The van der Waals surface area contributed by atoms with Crippen molar-refractivity contribution in [2.45, 2.75) is 71.3 Å². The van der Waals surface area contributed by atoms with Gasteiger partial charge in [-0.25, -0.2) is 9.97 Å². The van der Waals surface area contributed by atoms with Crippen LogP contribution in [-0.4, -0.2) is 25.8 Å². The summed E-state index contributed by atoms with van der Waals surface area (Å²) in [5.74, 6) is 1.62. The Balaban J connectivity index is 1.68. The van der Waals surface area contributed by atoms with Crippen LogP contribution in [0, 0.1) is 20.8 Å². The van der Waals surface area contributed by atoms with Gasteiger partial charge in [-0.05, 0) is 70.1 Å². The van der Waals surface area contributed by atoms with Crippen LogP contribution in [0.25, 0.3) is 22.6 Å². The van der Waals surface area contributed by atoms with E-state index in [1.54, 1.807) is 0 Å². The maximum atomic E-state index is 10.9. The standard InChI is InChI=1S/C24H27N3O2/c1-13-10-14(2)19(15(3)11-13)23-25-12-16-7-8-18-20(21(16)26-23)22(27-29-18)17-6-5-9-24(17,4)28/h10-12,17,28H,5-9H2,1-4H3/t17-,24+/m0/s1. The molecule has 5 rings (SSSR count). The molecule has 2 atom stereocenters. The highest BCUT2D eigenvalue weighted by molar-refractivity contribution is 5.74. The highest BCUT2D eigenvalue weighted by atomic mass is 16.5. The molecular weight excluding hydrogens is 362 g/mol. The van der Waals surface area contributed by atoms with E-state index in [4.69, 9.17) is 14.5 Å². The van der Waals surface area contributed by atoms with Crippen LogP contribution >= 0.6 is 0 Å². The molecule has 5 nitrogen and oxygen atoms in total. The maximum Gasteiger partial charge on any atom is 0.160 e. The maximum absolute atomic E-state index is 10.9. The molecule has 2 aliphatic carbocycles. The second-order valence-corrected chi connectivity index (χ2v) is 9.01. The zero-order chi connectivity index (χ0) is 20.3. The number of hydrogen-bond acceptors (Lipinski definition) is 5. The lowest BCUT2D eigenvalue weighted by Crippen LogP contribution is -2.28. The largest absolute Gasteiger partial charge is 0.389 e. The van der Waals surface area contributed by atoms with Crippen LogP contribution < -0.4 is 0 Å². The molecule has 1 aromatic carbocycles. The Bertz CT molecular complexity index is 1090. The van der Waals surface area contributed by atoms with Crippen molar-refractivity contribution < 1.29 is 9.63 Å². The van der Waals surface area contributed by atoms with Crippen LogP contribution in [0.5, 0.6) is 0 Å². The summed E-state index contributed by atoms with van der Waals surface area (Å²) in [6.07, 6.45) is 6.34. The van der Waals surface area contributed by atoms with E-state index < -0.39 is 5.60 Å². The molecule has 0 spiro atoms. The second-order valence-electron chi connectivity index (χ2n) is 9.01. The number of hydrogen-bond donors (Lipinski definition) is 1. The molecule has 2 aromatic heterocycles. The zero-order valence-electron chi connectivity index (χ0n) is 17.5. The Morgan fingerprint density at radius 1 is 1.10 bits per heavy atom. The summed E-state index contributed by atoms with van der Waals surface area (Å²) < 4.78 is 5.74. The molecule has 29 heavy (non-hydrogen) atoms. The van der Waals surface area contributed by atoms with Crippen molar-refractivity contribution in [3.63, 3.8) is 0 Å². The summed E-state index contributed by atoms with van der Waals surface area (Å²) >= 11 is 0. The van der Waals surface area contributed by atoms with Gasteiger partial charge >= 0.3 is 0 Å². The smallest absolute Gasteiger partial charge is 0.160 e. The number of rotatable bonds is 2. The van der Waals surface area contributed by atoms with Crippen LogP contribution in [0.2, 0.25) is 0 Å². The highest BCUT2D eigenvalue weighted by Gasteiger charge is 2.42. The van der Waals surface area contributed by atoms with Crippen LogP contribution in [0.3, 0.4) is 0 Å². The molecule has 0 radical (unpaired) electrons. The van der Waals surface area contributed by atoms with Crippen LogP contribution in [0.1, 0.15) is 65.8 Å². The molecule has 0 bridgehead atoms. The minimum absolute atomic E-state index is 0.0118. The highest BCUT2D eigenvalue weighted by Crippen LogP contribution is 2.47. The van der Waals surface area contributed by atoms with Crippen molar-refractivity contribution in [2.75, 3.05) is 0 Å². The number of aliphatic hydroxyl groups is 1. The van der Waals surface area contributed by atoms with Crippen LogP contribution in [0.15, 0.2) is 22.9 Å². The van der Waals surface area contributed by atoms with Crippen molar-refractivity contribution in [1.82, 2.24) is 15.1 Å². The summed E-state index contributed by atoms with van der Waals surface area (Å²) in [6, 6.07) is 4.36. The van der Waals surface area contributed by atoms with E-state index >= 15 is 0 Å². The molecule has 1 saturated carbocycles. The molecule has 1 fully saturated rings. The van der Waals surface area contributed by atoms with Gasteiger partial charge in [0.15, 0.2) is 5.82 Å². The van der Waals surface area contributed by atoms with E-state index in [-0.39, 0.29) is 5.92 Å². The molecule has 1 N–H and O–H groups in total. The van der Waals surface area contributed by atoms with Gasteiger partial charge < -0.3 is 9.63 Å². The average molecular weight is 389 g/mol. The van der Waals surface area contributed by atoms with E-state index in [1.807, 2.05) is 13.1 Å². The molecule has 0 aliphatic heterocycles. The Hall–Kier alpha value is -2.53. The molecule has 150 valence electrons. The van der Waals surface area contributed by atoms with Crippen molar-refractivity contribution in [3.8, 4) is 22.6 Å².